The van der Waals surface area contributed by atoms with Crippen LogP contribution in [0.4, 0.5) is 11.4 Å². The number of anilines is 1. The number of aryl methyl sites for hydroxylation is 1. The molecule has 144 valence electrons. The number of nitrogens with zero attached hydrogens (tertiary/aromatic N) is 3. The Morgan fingerprint density at radius 1 is 1.11 bits per heavy atom. The van der Waals surface area contributed by atoms with Crippen LogP contribution in [0, 0.1) is 13.8 Å². The molecule has 1 aromatic heterocycles. The van der Waals surface area contributed by atoms with Gasteiger partial charge >= 0.3 is 5.97 Å². The van der Waals surface area contributed by atoms with E-state index in [2.05, 4.69) is 51.7 Å². The molecule has 0 aliphatic heterocycles. The molecule has 0 aliphatic rings. The topological polar surface area (TPSA) is 57.8 Å². The second kappa shape index (κ2) is 7.90. The lowest BCUT2D eigenvalue weighted by molar-refractivity contribution is 0.0697. The van der Waals surface area contributed by atoms with E-state index in [0.717, 1.165) is 28.3 Å². The molecule has 6 heteroatoms. The largest absolute Gasteiger partial charge is 0.478 e. The van der Waals surface area contributed by atoms with Gasteiger partial charge < -0.3 is 14.6 Å². The number of carboxylic acid groups (broad SMARTS) is 1. The van der Waals surface area contributed by atoms with Gasteiger partial charge in [0.05, 0.1) is 16.3 Å². The number of hydrogen-bond acceptors (Lipinski definition) is 3. The summed E-state index contributed by atoms with van der Waals surface area (Å²) >= 11 is 5.92. The van der Waals surface area contributed by atoms with E-state index in [1.165, 1.54) is 6.07 Å². The van der Waals surface area contributed by atoms with E-state index in [4.69, 9.17) is 11.6 Å². The quantitative estimate of drug-likeness (QED) is 0.599. The Balaban J connectivity index is 1.93. The van der Waals surface area contributed by atoms with E-state index >= 15 is 0 Å². The van der Waals surface area contributed by atoms with E-state index in [0.29, 0.717) is 5.69 Å². The predicted molar refractivity (Wildman–Crippen MR) is 115 cm³/mol. The molecule has 2 aromatic carbocycles. The summed E-state index contributed by atoms with van der Waals surface area (Å²) in [6.07, 6.45) is 1.75. The van der Waals surface area contributed by atoms with Crippen LogP contribution in [0.3, 0.4) is 0 Å². The first-order valence-electron chi connectivity index (χ1n) is 8.81. The number of aromatic carboxylic acids is 1. The molecule has 0 unspecified atom stereocenters. The third-order valence-electron chi connectivity index (χ3n) is 4.63. The first-order chi connectivity index (χ1) is 13.3. The normalized spacial score (nSPS) is 11.2. The molecule has 3 rings (SSSR count). The highest BCUT2D eigenvalue weighted by Gasteiger charge is 2.11. The van der Waals surface area contributed by atoms with Crippen molar-refractivity contribution in [3.63, 3.8) is 0 Å². The van der Waals surface area contributed by atoms with Crippen molar-refractivity contribution in [1.82, 2.24) is 4.57 Å². The van der Waals surface area contributed by atoms with Crippen LogP contribution in [-0.4, -0.2) is 36.0 Å². The molecule has 0 spiro atoms. The standard InChI is InChI=1S/C22H22ClN3O2/c1-14-11-16(13-24-17-5-10-21(23)20(12-17)22(27)28)15(2)26(14)19-8-6-18(7-9-19)25(3)4/h5-13H,1-4H3,(H,27,28). The maximum atomic E-state index is 11.2. The first-order valence-corrected chi connectivity index (χ1v) is 9.19. The molecular weight excluding hydrogens is 374 g/mol. The average molecular weight is 396 g/mol. The third-order valence-corrected chi connectivity index (χ3v) is 4.96. The second-order valence-corrected chi connectivity index (χ2v) is 7.21. The summed E-state index contributed by atoms with van der Waals surface area (Å²) in [4.78, 5) is 17.7. The minimum atomic E-state index is -1.07. The second-order valence-electron chi connectivity index (χ2n) is 6.80. The third kappa shape index (κ3) is 3.94. The number of hydrogen-bond donors (Lipinski definition) is 1. The Labute approximate surface area is 169 Å². The van der Waals surface area contributed by atoms with Crippen LogP contribution in [0.2, 0.25) is 5.02 Å². The molecule has 1 N–H and O–H groups in total. The van der Waals surface area contributed by atoms with Crippen LogP contribution in [0.5, 0.6) is 0 Å². The van der Waals surface area contributed by atoms with Gasteiger partial charge in [0.2, 0.25) is 0 Å². The summed E-state index contributed by atoms with van der Waals surface area (Å²) in [6, 6.07) is 15.1. The minimum Gasteiger partial charge on any atom is -0.478 e. The Morgan fingerprint density at radius 2 is 1.79 bits per heavy atom. The van der Waals surface area contributed by atoms with Crippen LogP contribution in [0.25, 0.3) is 5.69 Å². The zero-order chi connectivity index (χ0) is 20.4. The Kier molecular flexibility index (Phi) is 5.56. The van der Waals surface area contributed by atoms with Crippen LogP contribution in [0.1, 0.15) is 27.3 Å². The summed E-state index contributed by atoms with van der Waals surface area (Å²) in [7, 11) is 4.03. The van der Waals surface area contributed by atoms with E-state index in [9.17, 15) is 9.90 Å². The van der Waals surface area contributed by atoms with Gasteiger partial charge in [-0.25, -0.2) is 4.79 Å². The number of aliphatic imine (C=N–C) groups is 1. The minimum absolute atomic E-state index is 0.0442. The predicted octanol–water partition coefficient (Wildman–Crippen LogP) is 5.26. The van der Waals surface area contributed by atoms with Gasteiger partial charge in [-0.05, 0) is 62.4 Å². The van der Waals surface area contributed by atoms with E-state index in [1.807, 2.05) is 21.0 Å². The molecule has 0 aliphatic carbocycles. The van der Waals surface area contributed by atoms with Gasteiger partial charge in [-0.2, -0.15) is 0 Å². The van der Waals surface area contributed by atoms with Gasteiger partial charge in [0.25, 0.3) is 0 Å². The van der Waals surface area contributed by atoms with Gasteiger partial charge in [0.15, 0.2) is 0 Å². The number of halogens is 1. The van der Waals surface area contributed by atoms with Crippen LogP contribution in [0.15, 0.2) is 53.5 Å². The highest BCUT2D eigenvalue weighted by atomic mass is 35.5. The van der Waals surface area contributed by atoms with Crippen molar-refractivity contribution in [3.05, 3.63) is 76.1 Å². The summed E-state index contributed by atoms with van der Waals surface area (Å²) in [5.74, 6) is -1.07. The molecule has 3 aromatic rings. The lowest BCUT2D eigenvalue weighted by Crippen LogP contribution is -2.08. The van der Waals surface area contributed by atoms with Crippen LogP contribution < -0.4 is 4.90 Å². The van der Waals surface area contributed by atoms with Crippen LogP contribution >= 0.6 is 11.6 Å². The highest BCUT2D eigenvalue weighted by Crippen LogP contribution is 2.25. The molecule has 0 atom stereocenters. The fourth-order valence-corrected chi connectivity index (χ4v) is 3.32. The average Bonchev–Trinajstić information content (AvgIpc) is 2.94. The molecule has 0 saturated carbocycles. The van der Waals surface area contributed by atoms with Gasteiger partial charge in [0.1, 0.15) is 0 Å². The maximum absolute atomic E-state index is 11.2. The maximum Gasteiger partial charge on any atom is 0.337 e. The number of carboxylic acids is 1. The Bertz CT molecular complexity index is 1050. The SMILES string of the molecule is Cc1cc(C=Nc2ccc(Cl)c(C(=O)O)c2)c(C)n1-c1ccc(N(C)C)cc1. The van der Waals surface area contributed by atoms with E-state index in [-0.39, 0.29) is 10.6 Å². The smallest absolute Gasteiger partial charge is 0.337 e. The molecule has 0 radical (unpaired) electrons. The zero-order valence-corrected chi connectivity index (χ0v) is 17.0. The lowest BCUT2D eigenvalue weighted by atomic mass is 10.2. The van der Waals surface area contributed by atoms with Gasteiger partial charge in [0, 0.05) is 48.6 Å². The molecule has 0 amide bonds. The summed E-state index contributed by atoms with van der Waals surface area (Å²) in [5.41, 5.74) is 5.95. The van der Waals surface area contributed by atoms with Crippen molar-refractivity contribution >= 4 is 35.2 Å². The number of carbonyl (C=O) groups is 1. The van der Waals surface area contributed by atoms with Crippen molar-refractivity contribution in [2.24, 2.45) is 4.99 Å². The molecule has 0 fully saturated rings. The summed E-state index contributed by atoms with van der Waals surface area (Å²) in [6.45, 7) is 4.09. The zero-order valence-electron chi connectivity index (χ0n) is 16.3. The van der Waals surface area contributed by atoms with E-state index < -0.39 is 5.97 Å². The molecule has 1 heterocycles. The summed E-state index contributed by atoms with van der Waals surface area (Å²) < 4.78 is 2.17. The highest BCUT2D eigenvalue weighted by molar-refractivity contribution is 6.33. The van der Waals surface area contributed by atoms with Crippen molar-refractivity contribution in [2.45, 2.75) is 13.8 Å². The lowest BCUT2D eigenvalue weighted by Gasteiger charge is -2.14. The number of rotatable bonds is 5. The molecular formula is C22H22ClN3O2. The molecule has 0 saturated heterocycles. The monoisotopic (exact) mass is 395 g/mol. The van der Waals surface area contributed by atoms with Crippen molar-refractivity contribution in [1.29, 1.82) is 0 Å². The van der Waals surface area contributed by atoms with Crippen molar-refractivity contribution < 1.29 is 9.90 Å². The Hall–Kier alpha value is -3.05. The van der Waals surface area contributed by atoms with Gasteiger partial charge in [-0.1, -0.05) is 11.6 Å². The van der Waals surface area contributed by atoms with E-state index in [1.54, 1.807) is 18.3 Å². The fourth-order valence-electron chi connectivity index (χ4n) is 3.12. The fraction of sp³-hybridized carbons (Fsp3) is 0.182. The first kappa shape index (κ1) is 19.7. The number of aromatic nitrogens is 1. The van der Waals surface area contributed by atoms with Gasteiger partial charge in [-0.3, -0.25) is 4.99 Å². The molecule has 28 heavy (non-hydrogen) atoms. The van der Waals surface area contributed by atoms with Crippen LogP contribution in [-0.2, 0) is 0 Å². The molecule has 5 nitrogen and oxygen atoms in total. The van der Waals surface area contributed by atoms with Crippen molar-refractivity contribution in [3.8, 4) is 5.69 Å². The van der Waals surface area contributed by atoms with Gasteiger partial charge in [-0.15, -0.1) is 0 Å². The molecule has 0 bridgehead atoms. The van der Waals surface area contributed by atoms with Crippen molar-refractivity contribution in [2.75, 3.05) is 19.0 Å². The summed E-state index contributed by atoms with van der Waals surface area (Å²) in [5, 5.41) is 9.40. The Morgan fingerprint density at radius 3 is 2.39 bits per heavy atom. The number of benzene rings is 2.